The molecule has 5 nitrogen and oxygen atoms in total. The lowest BCUT2D eigenvalue weighted by Gasteiger charge is -2.24. The molecule has 0 fully saturated rings. The number of hydrogen-bond donors (Lipinski definition) is 1. The minimum absolute atomic E-state index is 0.0342. The summed E-state index contributed by atoms with van der Waals surface area (Å²) in [5.74, 6) is 1.40. The van der Waals surface area contributed by atoms with Crippen molar-refractivity contribution >= 4 is 23.3 Å². The molecule has 0 saturated heterocycles. The van der Waals surface area contributed by atoms with E-state index in [9.17, 15) is 4.79 Å². The third-order valence-corrected chi connectivity index (χ3v) is 4.68. The van der Waals surface area contributed by atoms with Gasteiger partial charge in [-0.3, -0.25) is 4.79 Å². The van der Waals surface area contributed by atoms with Crippen LogP contribution in [0.2, 0.25) is 5.02 Å². The Labute approximate surface area is 156 Å². The van der Waals surface area contributed by atoms with Gasteiger partial charge in [0.05, 0.1) is 18.5 Å². The minimum Gasteiger partial charge on any atom is -0.494 e. The van der Waals surface area contributed by atoms with Gasteiger partial charge in [0.2, 0.25) is 5.91 Å². The Morgan fingerprint density at radius 3 is 2.92 bits per heavy atom. The van der Waals surface area contributed by atoms with Crippen LogP contribution in [-0.2, 0) is 4.79 Å². The molecule has 1 atom stereocenters. The van der Waals surface area contributed by atoms with Gasteiger partial charge in [0, 0.05) is 22.9 Å². The molecule has 2 heterocycles. The third-order valence-electron chi connectivity index (χ3n) is 4.44. The summed E-state index contributed by atoms with van der Waals surface area (Å²) < 4.78 is 7.32. The summed E-state index contributed by atoms with van der Waals surface area (Å²) in [6.07, 6.45) is 2.19. The van der Waals surface area contributed by atoms with E-state index >= 15 is 0 Å². The van der Waals surface area contributed by atoms with E-state index in [-0.39, 0.29) is 11.8 Å². The van der Waals surface area contributed by atoms with Gasteiger partial charge in [-0.2, -0.15) is 5.10 Å². The van der Waals surface area contributed by atoms with Gasteiger partial charge in [0.15, 0.2) is 0 Å². The zero-order valence-corrected chi connectivity index (χ0v) is 15.0. The Hall–Kier alpha value is -2.79. The molecule has 1 aromatic heterocycles. The minimum atomic E-state index is -0.0629. The van der Waals surface area contributed by atoms with Gasteiger partial charge < -0.3 is 10.1 Å². The summed E-state index contributed by atoms with van der Waals surface area (Å²) in [7, 11) is 0. The summed E-state index contributed by atoms with van der Waals surface area (Å²) in [5, 5.41) is 8.06. The number of halogens is 1. The number of carbonyl (C=O) groups excluding carboxylic acids is 1. The molecule has 26 heavy (non-hydrogen) atoms. The second-order valence-electron chi connectivity index (χ2n) is 6.15. The number of benzene rings is 2. The van der Waals surface area contributed by atoms with Gasteiger partial charge in [0.25, 0.3) is 0 Å². The van der Waals surface area contributed by atoms with Crippen molar-refractivity contribution in [2.24, 2.45) is 0 Å². The third kappa shape index (κ3) is 3.06. The molecule has 0 aliphatic carbocycles. The Balaban J connectivity index is 1.78. The maximum atomic E-state index is 12.4. The van der Waals surface area contributed by atoms with Crippen LogP contribution in [0.4, 0.5) is 5.82 Å². The van der Waals surface area contributed by atoms with E-state index in [1.165, 1.54) is 0 Å². The maximum Gasteiger partial charge on any atom is 0.226 e. The van der Waals surface area contributed by atoms with Crippen molar-refractivity contribution in [3.05, 3.63) is 70.9 Å². The van der Waals surface area contributed by atoms with Gasteiger partial charge in [-0.15, -0.1) is 0 Å². The second-order valence-corrected chi connectivity index (χ2v) is 6.59. The Bertz CT molecular complexity index is 967. The number of fused-ring (bicyclic) bond motifs is 1. The van der Waals surface area contributed by atoms with E-state index in [1.54, 1.807) is 4.68 Å². The first-order chi connectivity index (χ1) is 12.7. The molecule has 132 valence electrons. The fourth-order valence-corrected chi connectivity index (χ4v) is 3.49. The largest absolute Gasteiger partial charge is 0.494 e. The van der Waals surface area contributed by atoms with Crippen molar-refractivity contribution in [3.63, 3.8) is 0 Å². The van der Waals surface area contributed by atoms with Crippen molar-refractivity contribution < 1.29 is 9.53 Å². The number of hydrogen-bond acceptors (Lipinski definition) is 3. The number of aromatic nitrogens is 2. The van der Waals surface area contributed by atoms with Crippen LogP contribution in [0.25, 0.3) is 5.69 Å². The maximum absolute atomic E-state index is 12.4. The highest BCUT2D eigenvalue weighted by Crippen LogP contribution is 2.39. The molecule has 2 aromatic carbocycles. The first kappa shape index (κ1) is 16.7. The molecule has 0 unspecified atom stereocenters. The molecule has 1 aliphatic rings. The van der Waals surface area contributed by atoms with Crippen LogP contribution in [0.3, 0.4) is 0 Å². The molecule has 0 saturated carbocycles. The van der Waals surface area contributed by atoms with Crippen molar-refractivity contribution in [1.82, 2.24) is 9.78 Å². The van der Waals surface area contributed by atoms with Crippen molar-refractivity contribution in [1.29, 1.82) is 0 Å². The van der Waals surface area contributed by atoms with Crippen molar-refractivity contribution in [2.75, 3.05) is 11.9 Å². The molecule has 1 amide bonds. The standard InChI is InChI=1S/C20H18ClN3O2/c1-2-26-16-8-3-5-13(9-16)17-11-19(25)23-20-18(17)12-22-24(20)15-7-4-6-14(21)10-15/h3-10,12,17H,2,11H2,1H3,(H,23,25)/t17-/m0/s1. The average molecular weight is 368 g/mol. The van der Waals surface area contributed by atoms with Crippen LogP contribution in [0.5, 0.6) is 5.75 Å². The van der Waals surface area contributed by atoms with E-state index in [2.05, 4.69) is 10.4 Å². The van der Waals surface area contributed by atoms with Crippen LogP contribution in [0, 0.1) is 0 Å². The number of ether oxygens (including phenoxy) is 1. The van der Waals surface area contributed by atoms with E-state index in [1.807, 2.05) is 61.7 Å². The molecule has 3 aromatic rings. The smallest absolute Gasteiger partial charge is 0.226 e. The average Bonchev–Trinajstić information content (AvgIpc) is 3.05. The zero-order chi connectivity index (χ0) is 18.1. The lowest BCUT2D eigenvalue weighted by atomic mass is 9.87. The predicted octanol–water partition coefficient (Wildman–Crippen LogP) is 4.40. The molecule has 6 heteroatoms. The van der Waals surface area contributed by atoms with E-state index in [0.29, 0.717) is 23.9 Å². The van der Waals surface area contributed by atoms with Gasteiger partial charge in [-0.05, 0) is 42.8 Å². The molecule has 0 spiro atoms. The van der Waals surface area contributed by atoms with E-state index in [4.69, 9.17) is 16.3 Å². The number of carbonyl (C=O) groups is 1. The molecule has 1 aliphatic heterocycles. The highest BCUT2D eigenvalue weighted by atomic mass is 35.5. The summed E-state index contributed by atoms with van der Waals surface area (Å²) in [6, 6.07) is 15.3. The van der Waals surface area contributed by atoms with Crippen LogP contribution < -0.4 is 10.1 Å². The van der Waals surface area contributed by atoms with E-state index in [0.717, 1.165) is 22.6 Å². The number of nitrogens with zero attached hydrogens (tertiary/aromatic N) is 2. The zero-order valence-electron chi connectivity index (χ0n) is 14.3. The molecule has 0 radical (unpaired) electrons. The quantitative estimate of drug-likeness (QED) is 0.743. The predicted molar refractivity (Wildman–Crippen MR) is 101 cm³/mol. The Kier molecular flexibility index (Phi) is 4.39. The van der Waals surface area contributed by atoms with E-state index < -0.39 is 0 Å². The van der Waals surface area contributed by atoms with Crippen molar-refractivity contribution in [2.45, 2.75) is 19.3 Å². The summed E-state index contributed by atoms with van der Waals surface area (Å²) in [4.78, 5) is 12.4. The number of amides is 1. The normalized spacial score (nSPS) is 16.1. The lowest BCUT2D eigenvalue weighted by molar-refractivity contribution is -0.116. The Morgan fingerprint density at radius 1 is 1.27 bits per heavy atom. The van der Waals surface area contributed by atoms with Gasteiger partial charge in [-0.25, -0.2) is 4.68 Å². The van der Waals surface area contributed by atoms with Crippen LogP contribution in [-0.4, -0.2) is 22.3 Å². The summed E-state index contributed by atoms with van der Waals surface area (Å²) in [6.45, 7) is 2.56. The lowest BCUT2D eigenvalue weighted by Crippen LogP contribution is -2.24. The highest BCUT2D eigenvalue weighted by molar-refractivity contribution is 6.30. The molecular formula is C20H18ClN3O2. The monoisotopic (exact) mass is 367 g/mol. The topological polar surface area (TPSA) is 56.1 Å². The highest BCUT2D eigenvalue weighted by Gasteiger charge is 2.30. The van der Waals surface area contributed by atoms with Gasteiger partial charge in [-0.1, -0.05) is 29.8 Å². The molecule has 0 bridgehead atoms. The second kappa shape index (κ2) is 6.84. The van der Waals surface area contributed by atoms with Crippen LogP contribution in [0.1, 0.15) is 30.4 Å². The van der Waals surface area contributed by atoms with Gasteiger partial charge in [0.1, 0.15) is 11.6 Å². The first-order valence-corrected chi connectivity index (χ1v) is 8.90. The molecule has 1 N–H and O–H groups in total. The van der Waals surface area contributed by atoms with Crippen LogP contribution >= 0.6 is 11.6 Å². The number of anilines is 1. The summed E-state index contributed by atoms with van der Waals surface area (Å²) >= 11 is 6.10. The molecular weight excluding hydrogens is 350 g/mol. The van der Waals surface area contributed by atoms with Crippen molar-refractivity contribution in [3.8, 4) is 11.4 Å². The SMILES string of the molecule is CCOc1cccc([C@@H]2CC(=O)Nc3c2cnn3-c2cccc(Cl)c2)c1. The number of rotatable bonds is 4. The fraction of sp³-hybridized carbons (Fsp3) is 0.200. The first-order valence-electron chi connectivity index (χ1n) is 8.52. The molecule has 4 rings (SSSR count). The fourth-order valence-electron chi connectivity index (χ4n) is 3.31. The van der Waals surface area contributed by atoms with Crippen LogP contribution in [0.15, 0.2) is 54.7 Å². The Morgan fingerprint density at radius 2 is 2.12 bits per heavy atom. The summed E-state index contributed by atoms with van der Waals surface area (Å²) in [5.41, 5.74) is 2.83. The number of nitrogens with one attached hydrogen (secondary N) is 1. The van der Waals surface area contributed by atoms with Gasteiger partial charge >= 0.3 is 0 Å².